The third-order valence-electron chi connectivity index (χ3n) is 1.08. The molecule has 0 aromatic rings. The largest absolute Gasteiger partial charge is 0.550 e. The number of hydrogen-bond donors (Lipinski definition) is 0. The highest BCUT2D eigenvalue weighted by Gasteiger charge is 2.40. The molecule has 0 heterocycles. The van der Waals surface area contributed by atoms with Gasteiger partial charge in [-0.05, 0) is 0 Å². The Balaban J connectivity index is 4.19. The zero-order valence-electron chi connectivity index (χ0n) is 6.34. The van der Waals surface area contributed by atoms with Crippen LogP contribution in [0.15, 0.2) is 0 Å². The van der Waals surface area contributed by atoms with E-state index in [1.807, 2.05) is 0 Å². The number of carboxylic acids is 1. The second kappa shape index (κ2) is 4.80. The molecule has 0 N–H and O–H groups in total. The van der Waals surface area contributed by atoms with Gasteiger partial charge in [-0.25, -0.2) is 0 Å². The molecule has 0 saturated heterocycles. The molecular weight excluding hydrogens is 193 g/mol. The first-order valence-electron chi connectivity index (χ1n) is 3.19. The Hall–Kier alpha value is -1.11. The van der Waals surface area contributed by atoms with Crippen LogP contribution in [0.1, 0.15) is 6.42 Å². The molecule has 0 radical (unpaired) electrons. The van der Waals surface area contributed by atoms with Crippen LogP contribution in [0.3, 0.4) is 0 Å². The van der Waals surface area contributed by atoms with Gasteiger partial charge in [-0.2, -0.15) is 13.2 Å². The van der Waals surface area contributed by atoms with Crippen molar-refractivity contribution in [2.75, 3.05) is 6.61 Å². The van der Waals surface area contributed by atoms with E-state index in [0.717, 1.165) is 0 Å². The molecule has 1 atom stereocenters. The third-order valence-corrected chi connectivity index (χ3v) is 1.08. The predicted molar refractivity (Wildman–Crippen MR) is 31.5 cm³/mol. The molecule has 0 amide bonds. The third kappa shape index (κ3) is 5.18. The van der Waals surface area contributed by atoms with Gasteiger partial charge in [-0.3, -0.25) is 0 Å². The van der Waals surface area contributed by atoms with Gasteiger partial charge in [-0.1, -0.05) is 0 Å². The van der Waals surface area contributed by atoms with E-state index in [9.17, 15) is 27.9 Å². The molecule has 0 fully saturated rings. The maximum Gasteiger partial charge on any atom is 0.415 e. The lowest BCUT2D eigenvalue weighted by molar-refractivity contribution is -0.313. The van der Waals surface area contributed by atoms with Crippen molar-refractivity contribution in [1.29, 1.82) is 0 Å². The van der Waals surface area contributed by atoms with E-state index in [1.165, 1.54) is 0 Å². The highest BCUT2D eigenvalue weighted by molar-refractivity contribution is 5.65. The van der Waals surface area contributed by atoms with Gasteiger partial charge in [0.1, 0.15) is 12.9 Å². The molecule has 4 nitrogen and oxygen atoms in total. The summed E-state index contributed by atoms with van der Waals surface area (Å²) >= 11 is 0. The molecule has 76 valence electrons. The summed E-state index contributed by atoms with van der Waals surface area (Å²) < 4.78 is 39.6. The first kappa shape index (κ1) is 11.9. The Morgan fingerprint density at radius 2 is 2.08 bits per heavy atom. The first-order chi connectivity index (χ1) is 5.88. The van der Waals surface area contributed by atoms with Crippen molar-refractivity contribution in [3.05, 3.63) is 0 Å². The highest BCUT2D eigenvalue weighted by atomic mass is 19.4. The van der Waals surface area contributed by atoms with Gasteiger partial charge >= 0.3 is 6.18 Å². The summed E-state index contributed by atoms with van der Waals surface area (Å²) in [6.07, 6.45) is -8.49. The number of hydrogen-bond acceptors (Lipinski definition) is 4. The van der Waals surface area contributed by atoms with Gasteiger partial charge in [0, 0.05) is 12.4 Å². The number of carboxylic acid groups (broad SMARTS) is 1. The normalized spacial score (nSPS) is 13.8. The van der Waals surface area contributed by atoms with E-state index >= 15 is 0 Å². The zero-order valence-corrected chi connectivity index (χ0v) is 6.34. The number of aldehydes is 1. The number of carbonyl (C=O) groups excluding carboxylic acids is 2. The summed E-state index contributed by atoms with van der Waals surface area (Å²) in [5.74, 6) is -1.88. The van der Waals surface area contributed by atoms with Gasteiger partial charge in [0.15, 0.2) is 6.10 Å². The van der Waals surface area contributed by atoms with Crippen molar-refractivity contribution in [3.8, 4) is 0 Å². The minimum atomic E-state index is -4.80. The Labute approximate surface area is 71.3 Å². The van der Waals surface area contributed by atoms with E-state index in [2.05, 4.69) is 4.74 Å². The van der Waals surface area contributed by atoms with Crippen molar-refractivity contribution in [2.45, 2.75) is 18.7 Å². The van der Waals surface area contributed by atoms with Crippen LogP contribution in [-0.4, -0.2) is 31.1 Å². The predicted octanol–water partition coefficient (Wildman–Crippen LogP) is -0.727. The molecule has 13 heavy (non-hydrogen) atoms. The average Bonchev–Trinajstić information content (AvgIpc) is 1.95. The summed E-state index contributed by atoms with van der Waals surface area (Å²) in [5.41, 5.74) is 0. The Morgan fingerprint density at radius 1 is 1.54 bits per heavy atom. The number of alkyl halides is 3. The first-order valence-corrected chi connectivity index (χ1v) is 3.19. The lowest BCUT2D eigenvalue weighted by Gasteiger charge is -2.19. The summed E-state index contributed by atoms with van der Waals surface area (Å²) in [4.78, 5) is 19.5. The van der Waals surface area contributed by atoms with Gasteiger partial charge < -0.3 is 19.4 Å². The number of rotatable bonds is 5. The SMILES string of the molecule is O=CCOC(CC(=O)[O-])C(F)(F)F. The molecule has 0 bridgehead atoms. The van der Waals surface area contributed by atoms with E-state index in [4.69, 9.17) is 0 Å². The Bertz CT molecular complexity index is 189. The van der Waals surface area contributed by atoms with Gasteiger partial charge in [0.2, 0.25) is 0 Å². The smallest absolute Gasteiger partial charge is 0.415 e. The minimum absolute atomic E-state index is 0.105. The fourth-order valence-corrected chi connectivity index (χ4v) is 0.576. The van der Waals surface area contributed by atoms with E-state index < -0.39 is 31.3 Å². The fraction of sp³-hybridized carbons (Fsp3) is 0.667. The van der Waals surface area contributed by atoms with Gasteiger partial charge in [-0.15, -0.1) is 0 Å². The van der Waals surface area contributed by atoms with Crippen LogP contribution in [0.2, 0.25) is 0 Å². The van der Waals surface area contributed by atoms with Crippen molar-refractivity contribution in [1.82, 2.24) is 0 Å². The van der Waals surface area contributed by atoms with Crippen molar-refractivity contribution < 1.29 is 32.6 Å². The fourth-order valence-electron chi connectivity index (χ4n) is 0.576. The Morgan fingerprint density at radius 3 is 2.38 bits per heavy atom. The molecule has 0 saturated carbocycles. The van der Waals surface area contributed by atoms with Crippen LogP contribution < -0.4 is 5.11 Å². The maximum absolute atomic E-state index is 11.9. The summed E-state index contributed by atoms with van der Waals surface area (Å²) in [6.45, 7) is -0.794. The second-order valence-electron chi connectivity index (χ2n) is 2.11. The topological polar surface area (TPSA) is 66.4 Å². The molecule has 0 aromatic heterocycles. The number of aliphatic carboxylic acids is 1. The molecule has 0 aliphatic rings. The highest BCUT2D eigenvalue weighted by Crippen LogP contribution is 2.24. The molecule has 0 aliphatic carbocycles. The summed E-state index contributed by atoms with van der Waals surface area (Å²) in [6, 6.07) is 0. The summed E-state index contributed by atoms with van der Waals surface area (Å²) in [7, 11) is 0. The van der Waals surface area contributed by atoms with Crippen molar-refractivity contribution in [2.24, 2.45) is 0 Å². The van der Waals surface area contributed by atoms with Crippen molar-refractivity contribution in [3.63, 3.8) is 0 Å². The van der Waals surface area contributed by atoms with Crippen LogP contribution in [0.4, 0.5) is 13.2 Å². The van der Waals surface area contributed by atoms with Crippen LogP contribution in [0.5, 0.6) is 0 Å². The number of ether oxygens (including phenoxy) is 1. The second-order valence-corrected chi connectivity index (χ2v) is 2.11. The lowest BCUT2D eigenvalue weighted by atomic mass is 10.2. The zero-order chi connectivity index (χ0) is 10.5. The van der Waals surface area contributed by atoms with E-state index in [1.54, 1.807) is 0 Å². The lowest BCUT2D eigenvalue weighted by Crippen LogP contribution is -2.38. The van der Waals surface area contributed by atoms with Gasteiger partial charge in [0.05, 0.1) is 0 Å². The average molecular weight is 199 g/mol. The number of halogens is 3. The minimum Gasteiger partial charge on any atom is -0.550 e. The number of carbonyl (C=O) groups is 2. The maximum atomic E-state index is 11.9. The molecule has 0 spiro atoms. The quantitative estimate of drug-likeness (QED) is 0.547. The van der Waals surface area contributed by atoms with Crippen molar-refractivity contribution >= 4 is 12.3 Å². The molecule has 0 aromatic carbocycles. The molecule has 1 unspecified atom stereocenters. The van der Waals surface area contributed by atoms with Crippen LogP contribution >= 0.6 is 0 Å². The standard InChI is InChI=1S/C6H7F3O4/c7-6(8,9)4(3-5(11)12)13-2-1-10/h1,4H,2-3H2,(H,11,12)/p-1. The van der Waals surface area contributed by atoms with Crippen LogP contribution in [0.25, 0.3) is 0 Å². The van der Waals surface area contributed by atoms with E-state index in [0.29, 0.717) is 0 Å². The monoisotopic (exact) mass is 199 g/mol. The van der Waals surface area contributed by atoms with E-state index in [-0.39, 0.29) is 6.29 Å². The summed E-state index contributed by atoms with van der Waals surface area (Å²) in [5, 5.41) is 9.84. The molecule has 0 aliphatic heterocycles. The van der Waals surface area contributed by atoms with Crippen LogP contribution in [-0.2, 0) is 14.3 Å². The molecular formula is C6H6F3O4-. The Kier molecular flexibility index (Phi) is 4.39. The molecule has 0 rings (SSSR count). The molecule has 7 heteroatoms. The van der Waals surface area contributed by atoms with Gasteiger partial charge in [0.25, 0.3) is 0 Å². The van der Waals surface area contributed by atoms with Crippen LogP contribution in [0, 0.1) is 0 Å².